The molecule has 6 atom stereocenters. The Labute approximate surface area is 258 Å². The van der Waals surface area contributed by atoms with Crippen LogP contribution in [-0.2, 0) is 34.7 Å². The van der Waals surface area contributed by atoms with Crippen LogP contribution in [0.2, 0.25) is 0 Å². The molecule has 0 saturated carbocycles. The van der Waals surface area contributed by atoms with E-state index in [4.69, 9.17) is 33.7 Å². The highest BCUT2D eigenvalue weighted by Crippen LogP contribution is 2.51. The highest BCUT2D eigenvalue weighted by molar-refractivity contribution is 7.52. The first-order valence-corrected chi connectivity index (χ1v) is 15.7. The Morgan fingerprint density at radius 1 is 1.20 bits per heavy atom. The fourth-order valence-corrected chi connectivity index (χ4v) is 6.76. The number of fused-ring (bicyclic) bond motifs is 1. The van der Waals surface area contributed by atoms with E-state index in [0.29, 0.717) is 24.2 Å². The number of nitrogens with zero attached hydrogens (tertiary/aromatic N) is 4. The van der Waals surface area contributed by atoms with Crippen molar-refractivity contribution in [3.05, 3.63) is 72.6 Å². The van der Waals surface area contributed by atoms with Crippen LogP contribution in [0.5, 0.6) is 11.6 Å². The number of para-hydroxylation sites is 1. The fraction of sp³-hybridized carbons (Fsp3) is 0.379. The predicted octanol–water partition coefficient (Wildman–Crippen LogP) is 2.76. The lowest BCUT2D eigenvalue weighted by Gasteiger charge is -2.44. The minimum absolute atomic E-state index is 0.0351. The molecule has 0 radical (unpaired) electrons. The van der Waals surface area contributed by atoms with Crippen LogP contribution in [0, 0.1) is 0 Å². The van der Waals surface area contributed by atoms with Crippen molar-refractivity contribution in [2.24, 2.45) is 0 Å². The first-order chi connectivity index (χ1) is 21.7. The molecule has 0 bridgehead atoms. The monoisotopic (exact) mass is 640 g/mol. The number of anilines is 1. The largest absolute Gasteiger partial charge is 0.479 e. The number of rotatable bonds is 12. The van der Waals surface area contributed by atoms with Gasteiger partial charge in [-0.25, -0.2) is 9.55 Å². The zero-order valence-corrected chi connectivity index (χ0v) is 25.4. The molecule has 238 valence electrons. The van der Waals surface area contributed by atoms with Gasteiger partial charge < -0.3 is 34.3 Å². The van der Waals surface area contributed by atoms with E-state index in [1.807, 2.05) is 30.3 Å². The van der Waals surface area contributed by atoms with E-state index < -0.39 is 50.4 Å². The molecule has 4 aromatic rings. The lowest BCUT2D eigenvalue weighted by Crippen LogP contribution is -2.56. The second-order valence-corrected chi connectivity index (χ2v) is 12.3. The van der Waals surface area contributed by atoms with Gasteiger partial charge in [0, 0.05) is 6.42 Å². The zero-order chi connectivity index (χ0) is 31.6. The van der Waals surface area contributed by atoms with Crippen molar-refractivity contribution in [3.63, 3.8) is 0 Å². The van der Waals surface area contributed by atoms with Gasteiger partial charge in [-0.1, -0.05) is 48.5 Å². The normalized spacial score (nSPS) is 24.6. The minimum Gasteiger partial charge on any atom is -0.479 e. The summed E-state index contributed by atoms with van der Waals surface area (Å²) in [5, 5.41) is 14.1. The number of carbonyl (C=O) groups excluding carboxylic acids is 1. The minimum atomic E-state index is -4.25. The molecule has 15 nitrogen and oxygen atoms in total. The molecular formula is C29H33N6O9P. The van der Waals surface area contributed by atoms with Gasteiger partial charge >= 0.3 is 13.7 Å². The second-order valence-electron chi connectivity index (χ2n) is 10.6. The Kier molecular flexibility index (Phi) is 8.73. The highest BCUT2D eigenvalue weighted by atomic mass is 31.2. The van der Waals surface area contributed by atoms with E-state index in [1.54, 1.807) is 34.9 Å². The number of esters is 1. The predicted molar refractivity (Wildman–Crippen MR) is 159 cm³/mol. The molecule has 0 unspecified atom stereocenters. The highest BCUT2D eigenvalue weighted by Gasteiger charge is 2.62. The SMILES string of the molecule is COc1nc(N)nc2c1ncn2[C@@H]1O[C@H](CO[P@@](=O)(N[C@@H](C)C(=O)OCc2ccccc2)Oc2ccccc2)[C@@H](O)[C@]12CCO2. The topological polar surface area (TPSA) is 191 Å². The fourth-order valence-electron chi connectivity index (χ4n) is 5.26. The molecular weight excluding hydrogens is 607 g/mol. The second kappa shape index (κ2) is 12.7. The molecule has 6 rings (SSSR count). The summed E-state index contributed by atoms with van der Waals surface area (Å²) in [6.45, 7) is 1.52. The Morgan fingerprint density at radius 2 is 1.91 bits per heavy atom. The van der Waals surface area contributed by atoms with E-state index in [9.17, 15) is 14.5 Å². The number of carbonyl (C=O) groups is 1. The van der Waals surface area contributed by atoms with Gasteiger partial charge in [0.1, 0.15) is 36.2 Å². The number of hydrogen-bond donors (Lipinski definition) is 3. The number of hydrogen-bond acceptors (Lipinski definition) is 13. The molecule has 2 saturated heterocycles. The number of aliphatic hydroxyl groups is 1. The molecule has 2 aliphatic heterocycles. The molecule has 2 aromatic heterocycles. The lowest BCUT2D eigenvalue weighted by atomic mass is 9.86. The van der Waals surface area contributed by atoms with Crippen LogP contribution in [0.1, 0.15) is 25.1 Å². The van der Waals surface area contributed by atoms with Gasteiger partial charge in [-0.2, -0.15) is 15.1 Å². The number of methoxy groups -OCH3 is 1. The number of ether oxygens (including phenoxy) is 4. The molecule has 2 aliphatic rings. The smallest absolute Gasteiger partial charge is 0.459 e. The van der Waals surface area contributed by atoms with Crippen LogP contribution in [0.15, 0.2) is 67.0 Å². The molecule has 0 aliphatic carbocycles. The maximum atomic E-state index is 14.1. The van der Waals surface area contributed by atoms with Crippen LogP contribution in [0.25, 0.3) is 11.2 Å². The van der Waals surface area contributed by atoms with Crippen molar-refractivity contribution in [3.8, 4) is 11.6 Å². The van der Waals surface area contributed by atoms with Crippen molar-refractivity contribution in [1.29, 1.82) is 0 Å². The number of aromatic nitrogens is 4. The third-order valence-electron chi connectivity index (χ3n) is 7.60. The standard InChI is InChI=1S/C29H33N6O9P/c1-18(26(37)40-15-19-9-5-3-6-10-19)34-45(38,44-20-11-7-4-8-12-20)42-16-21-23(36)29(13-14-41-29)27(43-21)35-17-31-22-24(35)32-28(30)33-25(22)39-2/h3-12,17-18,21,23,27,36H,13-16H2,1-2H3,(H,34,38)(H2,30,32,33)/t18-,21+,23+,27+,29+,45-/m0/s1. The summed E-state index contributed by atoms with van der Waals surface area (Å²) >= 11 is 0. The first-order valence-electron chi connectivity index (χ1n) is 14.2. The average Bonchev–Trinajstić information content (AvgIpc) is 3.57. The molecule has 2 aromatic carbocycles. The molecule has 4 N–H and O–H groups in total. The van der Waals surface area contributed by atoms with Crippen LogP contribution in [0.4, 0.5) is 5.95 Å². The Bertz CT molecular complexity index is 1690. The van der Waals surface area contributed by atoms with E-state index in [0.717, 1.165) is 5.56 Å². The van der Waals surface area contributed by atoms with Gasteiger partial charge in [0.25, 0.3) is 0 Å². The van der Waals surface area contributed by atoms with E-state index in [2.05, 4.69) is 20.0 Å². The van der Waals surface area contributed by atoms with Crippen LogP contribution < -0.4 is 20.1 Å². The summed E-state index contributed by atoms with van der Waals surface area (Å²) in [7, 11) is -2.81. The number of imidazole rings is 1. The maximum Gasteiger partial charge on any atom is 0.459 e. The first kappa shape index (κ1) is 30.9. The summed E-state index contributed by atoms with van der Waals surface area (Å²) in [5.41, 5.74) is 6.19. The number of aliphatic hydroxyl groups excluding tert-OH is 1. The number of benzene rings is 2. The molecule has 45 heavy (non-hydrogen) atoms. The number of nitrogens with one attached hydrogen (secondary N) is 1. The van der Waals surface area contributed by atoms with Gasteiger partial charge in [-0.3, -0.25) is 13.9 Å². The van der Waals surface area contributed by atoms with E-state index >= 15 is 0 Å². The number of nitrogen functional groups attached to an aromatic ring is 1. The van der Waals surface area contributed by atoms with Crippen LogP contribution in [-0.4, -0.2) is 74.8 Å². The molecule has 2 fully saturated rings. The van der Waals surface area contributed by atoms with Crippen molar-refractivity contribution in [2.45, 2.75) is 50.0 Å². The Morgan fingerprint density at radius 3 is 2.58 bits per heavy atom. The molecule has 1 spiro atoms. The lowest BCUT2D eigenvalue weighted by molar-refractivity contribution is -0.225. The van der Waals surface area contributed by atoms with Gasteiger partial charge in [-0.05, 0) is 24.6 Å². The van der Waals surface area contributed by atoms with Gasteiger partial charge in [0.2, 0.25) is 11.8 Å². The summed E-state index contributed by atoms with van der Waals surface area (Å²) in [6, 6.07) is 16.4. The van der Waals surface area contributed by atoms with Gasteiger partial charge in [-0.15, -0.1) is 0 Å². The van der Waals surface area contributed by atoms with Crippen molar-refractivity contribution in [1.82, 2.24) is 24.6 Å². The summed E-state index contributed by atoms with van der Waals surface area (Å²) < 4.78 is 50.1. The van der Waals surface area contributed by atoms with Gasteiger partial charge in [0.15, 0.2) is 17.4 Å². The molecule has 16 heteroatoms. The summed E-state index contributed by atoms with van der Waals surface area (Å²) in [5.74, 6) is -0.287. The quantitative estimate of drug-likeness (QED) is 0.151. The third-order valence-corrected chi connectivity index (χ3v) is 9.24. The van der Waals surface area contributed by atoms with E-state index in [1.165, 1.54) is 20.4 Å². The van der Waals surface area contributed by atoms with Gasteiger partial charge in [0.05, 0.1) is 26.7 Å². The molecule has 4 heterocycles. The zero-order valence-electron chi connectivity index (χ0n) is 24.5. The van der Waals surface area contributed by atoms with Crippen molar-refractivity contribution >= 4 is 30.8 Å². The summed E-state index contributed by atoms with van der Waals surface area (Å²) in [6.07, 6.45) is -1.20. The van der Waals surface area contributed by atoms with Crippen molar-refractivity contribution in [2.75, 3.05) is 26.1 Å². The maximum absolute atomic E-state index is 14.1. The Balaban J connectivity index is 1.20. The Hall–Kier alpha value is -4.11. The van der Waals surface area contributed by atoms with E-state index in [-0.39, 0.29) is 24.2 Å². The summed E-state index contributed by atoms with van der Waals surface area (Å²) in [4.78, 5) is 25.5. The third kappa shape index (κ3) is 6.23. The number of nitrogens with two attached hydrogens (primary N) is 1. The average molecular weight is 641 g/mol. The molecule has 0 amide bonds. The van der Waals surface area contributed by atoms with Crippen LogP contribution >= 0.6 is 7.75 Å². The van der Waals surface area contributed by atoms with Crippen molar-refractivity contribution < 1.29 is 42.5 Å². The van der Waals surface area contributed by atoms with Crippen LogP contribution in [0.3, 0.4) is 0 Å².